The van der Waals surface area contributed by atoms with E-state index in [0.29, 0.717) is 0 Å². The van der Waals surface area contributed by atoms with E-state index in [1.54, 1.807) is 6.08 Å². The Morgan fingerprint density at radius 1 is 1.39 bits per heavy atom. The number of thiocarbonyl (C=S) groups is 1. The van der Waals surface area contributed by atoms with Crippen LogP contribution < -0.4 is 0 Å². The molecule has 2 N–H and O–H groups in total. The van der Waals surface area contributed by atoms with Crippen molar-refractivity contribution in [3.8, 4) is 0 Å². The van der Waals surface area contributed by atoms with Gasteiger partial charge in [0.2, 0.25) is 0 Å². The summed E-state index contributed by atoms with van der Waals surface area (Å²) in [7, 11) is 0. The maximum atomic E-state index is 12.4. The standard InChI is InChI=1S/C15H13NO5S2/c1-8-3-2-4-9(5-8)6-11-13(19)16(15(22)23-11)10(14(20)21)7-12(17)18/h2-6,10H,7H2,1H3,(H,17,18)(H,20,21)/b11-6-. The van der Waals surface area contributed by atoms with Gasteiger partial charge in [-0.25, -0.2) is 4.79 Å². The van der Waals surface area contributed by atoms with Crippen molar-refractivity contribution in [1.82, 2.24) is 4.90 Å². The van der Waals surface area contributed by atoms with Crippen LogP contribution in [-0.2, 0) is 14.4 Å². The highest BCUT2D eigenvalue weighted by Crippen LogP contribution is 2.34. The summed E-state index contributed by atoms with van der Waals surface area (Å²) in [5, 5.41) is 18.0. The minimum absolute atomic E-state index is 0.0440. The fourth-order valence-electron chi connectivity index (χ4n) is 2.11. The van der Waals surface area contributed by atoms with E-state index in [4.69, 9.17) is 17.3 Å². The molecule has 1 aromatic carbocycles. The summed E-state index contributed by atoms with van der Waals surface area (Å²) in [4.78, 5) is 35.7. The highest BCUT2D eigenvalue weighted by atomic mass is 32.2. The van der Waals surface area contributed by atoms with Crippen LogP contribution in [-0.4, -0.2) is 43.3 Å². The molecule has 1 aliphatic heterocycles. The summed E-state index contributed by atoms with van der Waals surface area (Å²) in [6, 6.07) is 5.93. The Labute approximate surface area is 141 Å². The fourth-order valence-corrected chi connectivity index (χ4v) is 3.47. The van der Waals surface area contributed by atoms with E-state index >= 15 is 0 Å². The van der Waals surface area contributed by atoms with Crippen molar-refractivity contribution in [2.75, 3.05) is 0 Å². The third-order valence-corrected chi connectivity index (χ3v) is 4.46. The summed E-state index contributed by atoms with van der Waals surface area (Å²) in [6.45, 7) is 1.91. The van der Waals surface area contributed by atoms with Gasteiger partial charge in [0.05, 0.1) is 11.3 Å². The molecule has 0 saturated carbocycles. The number of carbonyl (C=O) groups excluding carboxylic acids is 1. The Kier molecular flexibility index (Phi) is 5.17. The summed E-state index contributed by atoms with van der Waals surface area (Å²) >= 11 is 6.02. The zero-order chi connectivity index (χ0) is 17.1. The lowest BCUT2D eigenvalue weighted by Gasteiger charge is -2.21. The molecule has 1 aromatic rings. The number of carbonyl (C=O) groups is 3. The molecule has 6 nitrogen and oxygen atoms in total. The van der Waals surface area contributed by atoms with Gasteiger partial charge in [0.15, 0.2) is 0 Å². The number of aryl methyl sites for hydroxylation is 1. The Morgan fingerprint density at radius 2 is 2.09 bits per heavy atom. The molecular formula is C15H13NO5S2. The highest BCUT2D eigenvalue weighted by molar-refractivity contribution is 8.26. The fraction of sp³-hybridized carbons (Fsp3) is 0.200. The van der Waals surface area contributed by atoms with Crippen LogP contribution in [0.2, 0.25) is 0 Å². The van der Waals surface area contributed by atoms with Gasteiger partial charge < -0.3 is 10.2 Å². The van der Waals surface area contributed by atoms with Crippen LogP contribution >= 0.6 is 24.0 Å². The number of benzene rings is 1. The second-order valence-corrected chi connectivity index (χ2v) is 6.59. The number of thioether (sulfide) groups is 1. The molecule has 0 aromatic heterocycles. The SMILES string of the molecule is Cc1cccc(/C=C2\SC(=S)N(C(CC(=O)O)C(=O)O)C2=O)c1. The Balaban J connectivity index is 2.32. The number of hydrogen-bond donors (Lipinski definition) is 2. The van der Waals surface area contributed by atoms with Gasteiger partial charge in [-0.3, -0.25) is 14.5 Å². The first-order chi connectivity index (χ1) is 10.8. The lowest BCUT2D eigenvalue weighted by molar-refractivity contribution is -0.150. The van der Waals surface area contributed by atoms with Crippen molar-refractivity contribution < 1.29 is 24.6 Å². The quantitative estimate of drug-likeness (QED) is 0.620. The van der Waals surface area contributed by atoms with Gasteiger partial charge in [-0.1, -0.05) is 53.8 Å². The van der Waals surface area contributed by atoms with Gasteiger partial charge in [0, 0.05) is 0 Å². The molecule has 1 atom stereocenters. The normalized spacial score (nSPS) is 17.6. The van der Waals surface area contributed by atoms with Crippen LogP contribution in [0.4, 0.5) is 0 Å². The molecule has 1 unspecified atom stereocenters. The number of amides is 1. The molecular weight excluding hydrogens is 338 g/mol. The molecule has 1 saturated heterocycles. The Morgan fingerprint density at radius 3 is 2.65 bits per heavy atom. The summed E-state index contributed by atoms with van der Waals surface area (Å²) in [5.74, 6) is -3.30. The third kappa shape index (κ3) is 3.96. The van der Waals surface area contributed by atoms with Gasteiger partial charge in [0.25, 0.3) is 5.91 Å². The van der Waals surface area contributed by atoms with Gasteiger partial charge in [-0.2, -0.15) is 0 Å². The minimum Gasteiger partial charge on any atom is -0.481 e. The van der Waals surface area contributed by atoms with E-state index in [1.807, 2.05) is 31.2 Å². The average Bonchev–Trinajstić information content (AvgIpc) is 2.71. The number of nitrogens with zero attached hydrogens (tertiary/aromatic N) is 1. The number of carboxylic acid groups (broad SMARTS) is 2. The molecule has 0 bridgehead atoms. The predicted molar refractivity (Wildman–Crippen MR) is 89.9 cm³/mol. The van der Waals surface area contributed by atoms with Crippen LogP contribution in [0.15, 0.2) is 29.2 Å². The van der Waals surface area contributed by atoms with Crippen LogP contribution in [0.25, 0.3) is 6.08 Å². The van der Waals surface area contributed by atoms with Crippen LogP contribution in [0, 0.1) is 6.92 Å². The average molecular weight is 351 g/mol. The van der Waals surface area contributed by atoms with Crippen molar-refractivity contribution in [3.05, 3.63) is 40.3 Å². The van der Waals surface area contributed by atoms with Crippen LogP contribution in [0.1, 0.15) is 17.5 Å². The minimum atomic E-state index is -1.51. The van der Waals surface area contributed by atoms with E-state index in [0.717, 1.165) is 27.8 Å². The van der Waals surface area contributed by atoms with Gasteiger partial charge in [-0.15, -0.1) is 0 Å². The third-order valence-electron chi connectivity index (χ3n) is 3.13. The smallest absolute Gasteiger partial charge is 0.327 e. The first-order valence-electron chi connectivity index (χ1n) is 6.58. The van der Waals surface area contributed by atoms with Crippen molar-refractivity contribution in [3.63, 3.8) is 0 Å². The first kappa shape index (κ1) is 17.2. The molecule has 1 heterocycles. The molecule has 8 heteroatoms. The van der Waals surface area contributed by atoms with E-state index in [9.17, 15) is 19.5 Å². The maximum Gasteiger partial charge on any atom is 0.327 e. The lowest BCUT2D eigenvalue weighted by atomic mass is 10.1. The summed E-state index contributed by atoms with van der Waals surface area (Å²) in [6.07, 6.45) is 0.908. The van der Waals surface area contributed by atoms with Crippen LogP contribution in [0.5, 0.6) is 0 Å². The predicted octanol–water partition coefficient (Wildman–Crippen LogP) is 2.12. The van der Waals surface area contributed by atoms with E-state index < -0.39 is 30.3 Å². The van der Waals surface area contributed by atoms with E-state index in [2.05, 4.69) is 0 Å². The maximum absolute atomic E-state index is 12.4. The molecule has 1 aliphatic rings. The molecule has 0 spiro atoms. The lowest BCUT2D eigenvalue weighted by Crippen LogP contribution is -2.45. The number of aliphatic carboxylic acids is 2. The topological polar surface area (TPSA) is 94.9 Å². The molecule has 0 radical (unpaired) electrons. The van der Waals surface area contributed by atoms with Crippen LogP contribution in [0.3, 0.4) is 0 Å². The van der Waals surface area contributed by atoms with Crippen molar-refractivity contribution in [2.45, 2.75) is 19.4 Å². The molecule has 1 amide bonds. The van der Waals surface area contributed by atoms with Crippen molar-refractivity contribution >= 4 is 52.2 Å². The van der Waals surface area contributed by atoms with Crippen molar-refractivity contribution in [1.29, 1.82) is 0 Å². The molecule has 120 valence electrons. The largest absolute Gasteiger partial charge is 0.481 e. The summed E-state index contributed by atoms with van der Waals surface area (Å²) < 4.78 is 0.0440. The first-order valence-corrected chi connectivity index (χ1v) is 7.80. The number of hydrogen-bond acceptors (Lipinski definition) is 5. The molecule has 1 fully saturated rings. The monoisotopic (exact) mass is 351 g/mol. The second-order valence-electron chi connectivity index (χ2n) is 4.92. The molecule has 2 rings (SSSR count). The number of rotatable bonds is 5. The number of carboxylic acids is 2. The molecule has 0 aliphatic carbocycles. The van der Waals surface area contributed by atoms with E-state index in [1.165, 1.54) is 0 Å². The second kappa shape index (κ2) is 6.93. The Bertz CT molecular complexity index is 728. The van der Waals surface area contributed by atoms with Gasteiger partial charge >= 0.3 is 11.9 Å². The molecule has 23 heavy (non-hydrogen) atoms. The van der Waals surface area contributed by atoms with E-state index in [-0.39, 0.29) is 9.23 Å². The zero-order valence-corrected chi connectivity index (χ0v) is 13.7. The zero-order valence-electron chi connectivity index (χ0n) is 12.1. The van der Waals surface area contributed by atoms with Gasteiger partial charge in [-0.05, 0) is 18.6 Å². The highest BCUT2D eigenvalue weighted by Gasteiger charge is 2.41. The van der Waals surface area contributed by atoms with Gasteiger partial charge in [0.1, 0.15) is 10.4 Å². The summed E-state index contributed by atoms with van der Waals surface area (Å²) in [5.41, 5.74) is 1.80. The van der Waals surface area contributed by atoms with Crippen molar-refractivity contribution in [2.24, 2.45) is 0 Å². The Hall–Kier alpha value is -2.19.